The van der Waals surface area contributed by atoms with Crippen LogP contribution in [0.2, 0.25) is 0 Å². The number of rotatable bonds is 7. The fourth-order valence-electron chi connectivity index (χ4n) is 4.43. The first kappa shape index (κ1) is 19.2. The van der Waals surface area contributed by atoms with Crippen molar-refractivity contribution in [3.63, 3.8) is 0 Å². The van der Waals surface area contributed by atoms with E-state index in [1.807, 2.05) is 24.1 Å². The summed E-state index contributed by atoms with van der Waals surface area (Å²) in [5.41, 5.74) is 3.76. The van der Waals surface area contributed by atoms with E-state index in [4.69, 9.17) is 0 Å². The summed E-state index contributed by atoms with van der Waals surface area (Å²) in [5, 5.41) is 11.1. The van der Waals surface area contributed by atoms with Crippen molar-refractivity contribution in [2.75, 3.05) is 13.1 Å². The van der Waals surface area contributed by atoms with Crippen LogP contribution < -0.4 is 10.6 Å². The van der Waals surface area contributed by atoms with Crippen LogP contribution in [0.4, 0.5) is 0 Å². The maximum Gasteiger partial charge on any atom is 0.225 e. The third kappa shape index (κ3) is 4.30. The minimum atomic E-state index is -0.0364. The summed E-state index contributed by atoms with van der Waals surface area (Å²) in [6.07, 6.45) is 7.43. The molecular formula is C23H32N4O. The van der Waals surface area contributed by atoms with Crippen LogP contribution in [0.3, 0.4) is 0 Å². The first-order valence-corrected chi connectivity index (χ1v) is 10.6. The maximum absolute atomic E-state index is 13.2. The van der Waals surface area contributed by atoms with Gasteiger partial charge in [-0.15, -0.1) is 0 Å². The van der Waals surface area contributed by atoms with Gasteiger partial charge in [0.05, 0.1) is 18.2 Å². The highest BCUT2D eigenvalue weighted by molar-refractivity contribution is 5.81. The molecule has 1 aliphatic heterocycles. The highest BCUT2D eigenvalue weighted by Crippen LogP contribution is 2.41. The number of benzene rings is 1. The Morgan fingerprint density at radius 1 is 1.25 bits per heavy atom. The van der Waals surface area contributed by atoms with Gasteiger partial charge in [-0.3, -0.25) is 9.48 Å². The highest BCUT2D eigenvalue weighted by Gasteiger charge is 2.39. The Morgan fingerprint density at radius 2 is 2.00 bits per heavy atom. The van der Waals surface area contributed by atoms with Crippen molar-refractivity contribution in [2.24, 2.45) is 24.8 Å². The van der Waals surface area contributed by atoms with Gasteiger partial charge < -0.3 is 10.6 Å². The van der Waals surface area contributed by atoms with Crippen LogP contribution in [0.1, 0.15) is 55.3 Å². The van der Waals surface area contributed by atoms with E-state index >= 15 is 0 Å². The molecule has 0 radical (unpaired) electrons. The second-order valence-corrected chi connectivity index (χ2v) is 8.98. The van der Waals surface area contributed by atoms with Crippen LogP contribution in [-0.2, 0) is 18.3 Å². The summed E-state index contributed by atoms with van der Waals surface area (Å²) >= 11 is 0. The lowest BCUT2D eigenvalue weighted by Crippen LogP contribution is -2.37. The summed E-state index contributed by atoms with van der Waals surface area (Å²) in [7, 11) is 1.92. The van der Waals surface area contributed by atoms with Crippen molar-refractivity contribution in [2.45, 2.75) is 45.1 Å². The van der Waals surface area contributed by atoms with E-state index < -0.39 is 0 Å². The van der Waals surface area contributed by atoms with Gasteiger partial charge in [0.25, 0.3) is 0 Å². The normalized spacial score (nSPS) is 23.1. The highest BCUT2D eigenvalue weighted by atomic mass is 16.2. The Kier molecular flexibility index (Phi) is 5.54. The first-order chi connectivity index (χ1) is 13.5. The molecule has 2 aromatic rings. The van der Waals surface area contributed by atoms with Crippen molar-refractivity contribution in [3.8, 4) is 0 Å². The lowest BCUT2D eigenvalue weighted by molar-refractivity contribution is -0.125. The molecule has 3 atom stereocenters. The van der Waals surface area contributed by atoms with Gasteiger partial charge >= 0.3 is 0 Å². The number of carbonyl (C=O) groups excluding carboxylic acids is 1. The second kappa shape index (κ2) is 8.08. The Morgan fingerprint density at radius 3 is 2.61 bits per heavy atom. The third-order valence-electron chi connectivity index (χ3n) is 6.08. The molecule has 5 heteroatoms. The van der Waals surface area contributed by atoms with Crippen molar-refractivity contribution in [3.05, 3.63) is 53.3 Å². The predicted octanol–water partition coefficient (Wildman–Crippen LogP) is 3.19. The van der Waals surface area contributed by atoms with E-state index in [2.05, 4.69) is 53.8 Å². The number of nitrogens with zero attached hydrogens (tertiary/aromatic N) is 2. The Balaban J connectivity index is 1.46. The number of aryl methyl sites for hydroxylation is 1. The molecule has 1 amide bonds. The molecule has 2 heterocycles. The zero-order valence-corrected chi connectivity index (χ0v) is 17.2. The summed E-state index contributed by atoms with van der Waals surface area (Å²) < 4.78 is 1.81. The molecule has 1 aliphatic carbocycles. The van der Waals surface area contributed by atoms with E-state index in [9.17, 15) is 4.79 Å². The van der Waals surface area contributed by atoms with Gasteiger partial charge in [-0.05, 0) is 47.8 Å². The molecule has 1 aromatic carbocycles. The number of nitrogens with one attached hydrogen (secondary N) is 2. The van der Waals surface area contributed by atoms with E-state index in [0.29, 0.717) is 11.8 Å². The quantitative estimate of drug-likeness (QED) is 0.776. The second-order valence-electron chi connectivity index (χ2n) is 8.98. The van der Waals surface area contributed by atoms with Gasteiger partial charge in [-0.2, -0.15) is 5.10 Å². The third-order valence-corrected chi connectivity index (χ3v) is 6.08. The smallest absolute Gasteiger partial charge is 0.225 e. The number of aromatic nitrogens is 2. The van der Waals surface area contributed by atoms with Gasteiger partial charge in [-0.25, -0.2) is 0 Å². The molecule has 4 rings (SSSR count). The van der Waals surface area contributed by atoms with E-state index in [0.717, 1.165) is 25.1 Å². The lowest BCUT2D eigenvalue weighted by Gasteiger charge is -2.23. The topological polar surface area (TPSA) is 59.0 Å². The number of hydrogen-bond donors (Lipinski definition) is 2. The van der Waals surface area contributed by atoms with Crippen LogP contribution in [0.5, 0.6) is 0 Å². The summed E-state index contributed by atoms with van der Waals surface area (Å²) in [5.74, 6) is 1.56. The van der Waals surface area contributed by atoms with Gasteiger partial charge in [0.1, 0.15) is 0 Å². The molecule has 5 nitrogen and oxygen atoms in total. The van der Waals surface area contributed by atoms with Gasteiger partial charge in [0.15, 0.2) is 0 Å². The largest absolute Gasteiger partial charge is 0.349 e. The Bertz CT molecular complexity index is 806. The number of amides is 1. The predicted molar refractivity (Wildman–Crippen MR) is 111 cm³/mol. The molecule has 0 spiro atoms. The van der Waals surface area contributed by atoms with E-state index in [1.165, 1.54) is 24.0 Å². The van der Waals surface area contributed by atoms with E-state index in [1.54, 1.807) is 0 Å². The van der Waals surface area contributed by atoms with Crippen molar-refractivity contribution >= 4 is 5.91 Å². The average Bonchev–Trinajstić information content (AvgIpc) is 3.21. The molecule has 1 unspecified atom stereocenters. The summed E-state index contributed by atoms with van der Waals surface area (Å²) in [6, 6.07) is 9.02. The maximum atomic E-state index is 13.2. The molecule has 28 heavy (non-hydrogen) atoms. The van der Waals surface area contributed by atoms with Crippen molar-refractivity contribution in [1.82, 2.24) is 20.4 Å². The number of hydrogen-bond acceptors (Lipinski definition) is 3. The van der Waals surface area contributed by atoms with Crippen LogP contribution in [0.15, 0.2) is 36.7 Å². The Hall–Kier alpha value is -2.14. The summed E-state index contributed by atoms with van der Waals surface area (Å²) in [4.78, 5) is 13.2. The lowest BCUT2D eigenvalue weighted by atomic mass is 9.89. The zero-order valence-electron chi connectivity index (χ0n) is 17.2. The van der Waals surface area contributed by atoms with Gasteiger partial charge in [0, 0.05) is 32.3 Å². The van der Waals surface area contributed by atoms with Gasteiger partial charge in [-0.1, -0.05) is 38.1 Å². The molecular weight excluding hydrogens is 348 g/mol. The molecule has 2 fully saturated rings. The standard InChI is InChI=1S/C23H32N4O/c1-15(2)10-16-4-6-17(7-5-16)22(18-8-9-18)26-23(28)21-13-24-12-20(21)19-11-25-27(3)14-19/h4-7,11,14-15,18,20-22,24H,8-10,12-13H2,1-3H3,(H,26,28)/t20-,21+,22?/m1/s1. The zero-order chi connectivity index (χ0) is 19.7. The SMILES string of the molecule is CC(C)Cc1ccc(C(NC(=O)[C@H]2CNC[C@@H]2c2cnn(C)c2)C2CC2)cc1. The van der Waals surface area contributed by atoms with Crippen LogP contribution in [0, 0.1) is 17.8 Å². The minimum Gasteiger partial charge on any atom is -0.349 e. The van der Waals surface area contributed by atoms with E-state index in [-0.39, 0.29) is 23.8 Å². The number of carbonyl (C=O) groups is 1. The summed E-state index contributed by atoms with van der Waals surface area (Å²) in [6.45, 7) is 6.06. The molecule has 2 aliphatic rings. The fraction of sp³-hybridized carbons (Fsp3) is 0.565. The average molecular weight is 381 g/mol. The van der Waals surface area contributed by atoms with Crippen LogP contribution in [-0.4, -0.2) is 28.8 Å². The van der Waals surface area contributed by atoms with Crippen molar-refractivity contribution in [1.29, 1.82) is 0 Å². The molecule has 1 aromatic heterocycles. The monoisotopic (exact) mass is 380 g/mol. The van der Waals surface area contributed by atoms with Crippen LogP contribution in [0.25, 0.3) is 0 Å². The molecule has 2 N–H and O–H groups in total. The molecule has 1 saturated carbocycles. The molecule has 0 bridgehead atoms. The molecule has 150 valence electrons. The first-order valence-electron chi connectivity index (χ1n) is 10.6. The minimum absolute atomic E-state index is 0.0364. The molecule has 1 saturated heterocycles. The Labute approximate surface area is 167 Å². The van der Waals surface area contributed by atoms with Crippen molar-refractivity contribution < 1.29 is 4.79 Å². The van der Waals surface area contributed by atoms with Crippen LogP contribution >= 0.6 is 0 Å². The van der Waals surface area contributed by atoms with Gasteiger partial charge in [0.2, 0.25) is 5.91 Å². The fourth-order valence-corrected chi connectivity index (χ4v) is 4.43.